The quantitative estimate of drug-likeness (QED) is 0.915. The van der Waals surface area contributed by atoms with Crippen LogP contribution in [0, 0.1) is 0 Å². The molecule has 1 heterocycles. The summed E-state index contributed by atoms with van der Waals surface area (Å²) in [5, 5.41) is 3.68. The Hall–Kier alpha value is -1.24. The van der Waals surface area contributed by atoms with Gasteiger partial charge in [0.1, 0.15) is 5.25 Å². The highest BCUT2D eigenvalue weighted by Crippen LogP contribution is 2.29. The number of carbonyl (C=O) groups is 2. The van der Waals surface area contributed by atoms with Crippen LogP contribution in [-0.4, -0.2) is 41.2 Å². The third-order valence-electron chi connectivity index (χ3n) is 2.91. The molecule has 1 aromatic carbocycles. The van der Waals surface area contributed by atoms with Gasteiger partial charge in [-0.25, -0.2) is 0 Å². The van der Waals surface area contributed by atoms with Crippen LogP contribution in [0.5, 0.6) is 0 Å². The highest BCUT2D eigenvalue weighted by molar-refractivity contribution is 8.15. The molecule has 0 spiro atoms. The van der Waals surface area contributed by atoms with Crippen molar-refractivity contribution in [2.24, 2.45) is 4.99 Å². The van der Waals surface area contributed by atoms with Gasteiger partial charge in [0.05, 0.1) is 10.7 Å². The average molecular weight is 346 g/mol. The van der Waals surface area contributed by atoms with Crippen molar-refractivity contribution in [2.45, 2.75) is 11.7 Å². The van der Waals surface area contributed by atoms with E-state index >= 15 is 0 Å². The molecule has 1 aromatic rings. The Morgan fingerprint density at radius 2 is 2.19 bits per heavy atom. The summed E-state index contributed by atoms with van der Waals surface area (Å²) < 4.78 is 0. The monoisotopic (exact) mass is 345 g/mol. The van der Waals surface area contributed by atoms with Gasteiger partial charge in [0, 0.05) is 25.5 Å². The van der Waals surface area contributed by atoms with E-state index in [9.17, 15) is 9.59 Å². The molecule has 1 aliphatic rings. The van der Waals surface area contributed by atoms with Gasteiger partial charge >= 0.3 is 0 Å². The van der Waals surface area contributed by atoms with E-state index < -0.39 is 5.25 Å². The zero-order valence-corrected chi connectivity index (χ0v) is 13.7. The molecule has 1 N–H and O–H groups in total. The van der Waals surface area contributed by atoms with Gasteiger partial charge in [-0.15, -0.1) is 0 Å². The summed E-state index contributed by atoms with van der Waals surface area (Å²) in [7, 11) is 3.25. The number of hydrogen-bond acceptors (Lipinski definition) is 4. The average Bonchev–Trinajstić information content (AvgIpc) is 2.70. The normalized spacial score (nSPS) is 20.2. The second kappa shape index (κ2) is 6.68. The van der Waals surface area contributed by atoms with Gasteiger partial charge in [0.25, 0.3) is 0 Å². The molecule has 0 aromatic heterocycles. The van der Waals surface area contributed by atoms with Crippen molar-refractivity contribution in [1.82, 2.24) is 4.90 Å². The van der Waals surface area contributed by atoms with Gasteiger partial charge < -0.3 is 5.32 Å². The van der Waals surface area contributed by atoms with E-state index in [4.69, 9.17) is 23.2 Å². The maximum atomic E-state index is 12.0. The zero-order valence-electron chi connectivity index (χ0n) is 11.4. The highest BCUT2D eigenvalue weighted by Gasteiger charge is 2.36. The number of nitrogens with one attached hydrogen (secondary N) is 1. The number of amides is 2. The van der Waals surface area contributed by atoms with Crippen molar-refractivity contribution >= 4 is 57.6 Å². The molecule has 1 aliphatic heterocycles. The molecule has 8 heteroatoms. The molecular weight excluding hydrogens is 333 g/mol. The number of nitrogens with zero attached hydrogens (tertiary/aromatic N) is 2. The summed E-state index contributed by atoms with van der Waals surface area (Å²) in [6.45, 7) is 0. The summed E-state index contributed by atoms with van der Waals surface area (Å²) in [6.07, 6.45) is 0.0513. The van der Waals surface area contributed by atoms with E-state index in [0.29, 0.717) is 20.9 Å². The van der Waals surface area contributed by atoms with Crippen LogP contribution in [0.4, 0.5) is 5.69 Å². The molecule has 0 unspecified atom stereocenters. The summed E-state index contributed by atoms with van der Waals surface area (Å²) in [5.74, 6) is -0.427. The molecule has 2 rings (SSSR count). The standard InChI is InChI=1S/C13H13Cl2N3O2S/c1-16-13-18(2)12(20)10(21-13)6-11(19)17-9-5-7(14)3-4-8(9)15/h3-5,10H,6H2,1-2H3,(H,17,19)/t10-/m0/s1. The number of rotatable bonds is 3. The fourth-order valence-electron chi connectivity index (χ4n) is 1.86. The van der Waals surface area contributed by atoms with Crippen LogP contribution in [-0.2, 0) is 9.59 Å². The van der Waals surface area contributed by atoms with Crippen molar-refractivity contribution in [3.8, 4) is 0 Å². The number of benzene rings is 1. The van der Waals surface area contributed by atoms with Gasteiger partial charge in [-0.05, 0) is 18.2 Å². The van der Waals surface area contributed by atoms with Crippen molar-refractivity contribution in [2.75, 3.05) is 19.4 Å². The number of aliphatic imine (C=N–C) groups is 1. The molecule has 0 saturated carbocycles. The van der Waals surface area contributed by atoms with Gasteiger partial charge in [-0.2, -0.15) is 0 Å². The minimum absolute atomic E-state index is 0.0513. The van der Waals surface area contributed by atoms with E-state index in [1.807, 2.05) is 0 Å². The molecule has 1 fully saturated rings. The third kappa shape index (κ3) is 3.70. The van der Waals surface area contributed by atoms with E-state index in [1.165, 1.54) is 16.7 Å². The molecule has 2 amide bonds. The number of carbonyl (C=O) groups excluding carboxylic acids is 2. The zero-order chi connectivity index (χ0) is 15.6. The number of hydrogen-bond donors (Lipinski definition) is 1. The number of halogens is 2. The predicted molar refractivity (Wildman–Crippen MR) is 87.2 cm³/mol. The number of anilines is 1. The summed E-state index contributed by atoms with van der Waals surface area (Å²) >= 11 is 13.1. The maximum absolute atomic E-state index is 12.0. The van der Waals surface area contributed by atoms with Crippen LogP contribution in [0.25, 0.3) is 0 Å². The molecular formula is C13H13Cl2N3O2S. The van der Waals surface area contributed by atoms with E-state index in [2.05, 4.69) is 10.3 Å². The summed E-state index contributed by atoms with van der Waals surface area (Å²) in [5.41, 5.74) is 0.433. The van der Waals surface area contributed by atoms with E-state index in [-0.39, 0.29) is 18.2 Å². The molecule has 5 nitrogen and oxygen atoms in total. The van der Waals surface area contributed by atoms with Gasteiger partial charge in [-0.1, -0.05) is 35.0 Å². The predicted octanol–water partition coefficient (Wildman–Crippen LogP) is 2.88. The first-order valence-electron chi connectivity index (χ1n) is 6.08. The van der Waals surface area contributed by atoms with Gasteiger partial charge in [0.15, 0.2) is 5.17 Å². The van der Waals surface area contributed by atoms with Crippen LogP contribution in [0.15, 0.2) is 23.2 Å². The van der Waals surface area contributed by atoms with E-state index in [1.54, 1.807) is 32.3 Å². The lowest BCUT2D eigenvalue weighted by atomic mass is 10.2. The first-order valence-corrected chi connectivity index (χ1v) is 7.72. The molecule has 1 atom stereocenters. The molecule has 0 radical (unpaired) electrons. The highest BCUT2D eigenvalue weighted by atomic mass is 35.5. The lowest BCUT2D eigenvalue weighted by Gasteiger charge is -2.10. The molecule has 1 saturated heterocycles. The largest absolute Gasteiger partial charge is 0.325 e. The Balaban J connectivity index is 2.03. The fourth-order valence-corrected chi connectivity index (χ4v) is 3.30. The summed E-state index contributed by atoms with van der Waals surface area (Å²) in [6, 6.07) is 4.80. The SMILES string of the molecule is CN=C1S[C@@H](CC(=O)Nc2cc(Cl)ccc2Cl)C(=O)N1C. The van der Waals surface area contributed by atoms with Crippen molar-refractivity contribution < 1.29 is 9.59 Å². The summed E-state index contributed by atoms with van der Waals surface area (Å²) in [4.78, 5) is 29.5. The Bertz CT molecular complexity index is 621. The van der Waals surface area contributed by atoms with Crippen LogP contribution >= 0.6 is 35.0 Å². The Morgan fingerprint density at radius 1 is 1.48 bits per heavy atom. The van der Waals surface area contributed by atoms with Gasteiger partial charge in [-0.3, -0.25) is 19.5 Å². The first kappa shape index (κ1) is 16.1. The first-order chi connectivity index (χ1) is 9.92. The Kier molecular flexibility index (Phi) is 5.13. The van der Waals surface area contributed by atoms with Gasteiger partial charge in [0.2, 0.25) is 11.8 Å². The molecule has 21 heavy (non-hydrogen) atoms. The maximum Gasteiger partial charge on any atom is 0.242 e. The van der Waals surface area contributed by atoms with Crippen molar-refractivity contribution in [1.29, 1.82) is 0 Å². The van der Waals surface area contributed by atoms with Crippen LogP contribution in [0.3, 0.4) is 0 Å². The second-order valence-electron chi connectivity index (χ2n) is 4.39. The van der Waals surface area contributed by atoms with Crippen LogP contribution < -0.4 is 5.32 Å². The van der Waals surface area contributed by atoms with E-state index in [0.717, 1.165) is 0 Å². The van der Waals surface area contributed by atoms with Crippen LogP contribution in [0.2, 0.25) is 10.0 Å². The van der Waals surface area contributed by atoms with Crippen molar-refractivity contribution in [3.05, 3.63) is 28.2 Å². The topological polar surface area (TPSA) is 61.8 Å². The third-order valence-corrected chi connectivity index (χ3v) is 4.79. The molecule has 0 aliphatic carbocycles. The number of amidine groups is 1. The van der Waals surface area contributed by atoms with Crippen LogP contribution in [0.1, 0.15) is 6.42 Å². The minimum Gasteiger partial charge on any atom is -0.325 e. The second-order valence-corrected chi connectivity index (χ2v) is 6.40. The Morgan fingerprint density at radius 3 is 2.81 bits per heavy atom. The molecule has 0 bridgehead atoms. The molecule has 112 valence electrons. The Labute approximate surface area is 136 Å². The van der Waals surface area contributed by atoms with Crippen molar-refractivity contribution in [3.63, 3.8) is 0 Å². The smallest absolute Gasteiger partial charge is 0.242 e. The lowest BCUT2D eigenvalue weighted by molar-refractivity contribution is -0.127. The number of thioether (sulfide) groups is 1. The fraction of sp³-hybridized carbons (Fsp3) is 0.308. The lowest BCUT2D eigenvalue weighted by Crippen LogP contribution is -2.30. The minimum atomic E-state index is -0.466.